The summed E-state index contributed by atoms with van der Waals surface area (Å²) in [7, 11) is 0. The van der Waals surface area contributed by atoms with Gasteiger partial charge in [-0.05, 0) is 49.6 Å². The number of nitrogens with zero attached hydrogens (tertiary/aromatic N) is 2. The fourth-order valence-corrected chi connectivity index (χ4v) is 3.67. The maximum absolute atomic E-state index is 12.9. The molecule has 2 aromatic rings. The molecule has 0 N–H and O–H groups in total. The number of aryl methyl sites for hydroxylation is 1. The number of hydrogen-bond acceptors (Lipinski definition) is 2. The molecule has 0 radical (unpaired) electrons. The van der Waals surface area contributed by atoms with Crippen molar-refractivity contribution in [1.29, 1.82) is 0 Å². The molecule has 2 amide bonds. The number of para-hydroxylation sites is 1. The summed E-state index contributed by atoms with van der Waals surface area (Å²) in [4.78, 5) is 28.4. The van der Waals surface area contributed by atoms with Crippen molar-refractivity contribution in [3.8, 4) is 0 Å². The van der Waals surface area contributed by atoms with Crippen LogP contribution in [0.5, 0.6) is 0 Å². The van der Waals surface area contributed by atoms with Crippen LogP contribution >= 0.6 is 11.6 Å². The van der Waals surface area contributed by atoms with Crippen molar-refractivity contribution in [3.05, 3.63) is 58.6 Å². The summed E-state index contributed by atoms with van der Waals surface area (Å²) in [6.45, 7) is 5.81. The molecular formula is C21H23ClN2O2. The number of anilines is 2. The molecule has 0 aromatic heterocycles. The fraction of sp³-hybridized carbons (Fsp3) is 0.333. The SMILES string of the molecule is CC(=O)N(CCC(=O)N1c2ccccc2CC1C)c1ccc(C)c(Cl)c1. The Morgan fingerprint density at radius 2 is 1.96 bits per heavy atom. The van der Waals surface area contributed by atoms with Crippen LogP contribution in [0, 0.1) is 6.92 Å². The number of rotatable bonds is 4. The number of carbonyl (C=O) groups is 2. The quantitative estimate of drug-likeness (QED) is 0.801. The first-order valence-electron chi connectivity index (χ1n) is 8.82. The zero-order valence-electron chi connectivity index (χ0n) is 15.3. The van der Waals surface area contributed by atoms with Gasteiger partial charge in [-0.15, -0.1) is 0 Å². The standard InChI is InChI=1S/C21H23ClN2O2/c1-14-8-9-18(13-19(14)22)23(16(3)25)11-10-21(26)24-15(2)12-17-6-4-5-7-20(17)24/h4-9,13,15H,10-12H2,1-3H3. The van der Waals surface area contributed by atoms with Gasteiger partial charge in [0.2, 0.25) is 11.8 Å². The number of benzene rings is 2. The van der Waals surface area contributed by atoms with Crippen molar-refractivity contribution in [3.63, 3.8) is 0 Å². The lowest BCUT2D eigenvalue weighted by Gasteiger charge is -2.26. The molecule has 0 aliphatic carbocycles. The van der Waals surface area contributed by atoms with Gasteiger partial charge in [0.15, 0.2) is 0 Å². The third-order valence-corrected chi connectivity index (χ3v) is 5.28. The Labute approximate surface area is 159 Å². The van der Waals surface area contributed by atoms with E-state index in [-0.39, 0.29) is 24.3 Å². The Bertz CT molecular complexity index is 850. The minimum atomic E-state index is -0.104. The summed E-state index contributed by atoms with van der Waals surface area (Å²) >= 11 is 6.19. The van der Waals surface area contributed by atoms with Gasteiger partial charge in [0, 0.05) is 42.3 Å². The van der Waals surface area contributed by atoms with Gasteiger partial charge in [0.05, 0.1) is 0 Å². The molecule has 26 heavy (non-hydrogen) atoms. The average Bonchev–Trinajstić information content (AvgIpc) is 2.93. The smallest absolute Gasteiger partial charge is 0.229 e. The van der Waals surface area contributed by atoms with Crippen LogP contribution in [0.25, 0.3) is 0 Å². The van der Waals surface area contributed by atoms with Crippen LogP contribution in [0.3, 0.4) is 0 Å². The first kappa shape index (κ1) is 18.5. The fourth-order valence-electron chi connectivity index (χ4n) is 3.49. The highest BCUT2D eigenvalue weighted by atomic mass is 35.5. The topological polar surface area (TPSA) is 40.6 Å². The summed E-state index contributed by atoms with van der Waals surface area (Å²) in [5, 5.41) is 0.613. The molecule has 4 nitrogen and oxygen atoms in total. The Kier molecular flexibility index (Phi) is 5.33. The molecule has 0 saturated carbocycles. The molecule has 1 heterocycles. The monoisotopic (exact) mass is 370 g/mol. The van der Waals surface area contributed by atoms with E-state index >= 15 is 0 Å². The van der Waals surface area contributed by atoms with Crippen molar-refractivity contribution in [2.75, 3.05) is 16.3 Å². The molecule has 0 fully saturated rings. The van der Waals surface area contributed by atoms with Crippen LogP contribution in [0.4, 0.5) is 11.4 Å². The molecular weight excluding hydrogens is 348 g/mol. The van der Waals surface area contributed by atoms with E-state index in [4.69, 9.17) is 11.6 Å². The normalized spacial score (nSPS) is 15.7. The number of halogens is 1. The van der Waals surface area contributed by atoms with Crippen LogP contribution in [-0.4, -0.2) is 24.4 Å². The maximum Gasteiger partial charge on any atom is 0.229 e. The summed E-state index contributed by atoms with van der Waals surface area (Å²) in [5.41, 5.74) is 3.85. The summed E-state index contributed by atoms with van der Waals surface area (Å²) in [5.74, 6) is -0.0699. The predicted octanol–water partition coefficient (Wildman–Crippen LogP) is 4.37. The molecule has 0 bridgehead atoms. The van der Waals surface area contributed by atoms with E-state index in [2.05, 4.69) is 13.0 Å². The second-order valence-electron chi connectivity index (χ2n) is 6.80. The summed E-state index contributed by atoms with van der Waals surface area (Å²) in [6.07, 6.45) is 1.13. The van der Waals surface area contributed by atoms with Gasteiger partial charge in [-0.25, -0.2) is 0 Å². The molecule has 1 aliphatic rings. The largest absolute Gasteiger partial charge is 0.312 e. The van der Waals surface area contributed by atoms with Gasteiger partial charge < -0.3 is 9.80 Å². The first-order chi connectivity index (χ1) is 12.4. The summed E-state index contributed by atoms with van der Waals surface area (Å²) in [6, 6.07) is 13.7. The van der Waals surface area contributed by atoms with Crippen molar-refractivity contribution < 1.29 is 9.59 Å². The third kappa shape index (κ3) is 3.61. The van der Waals surface area contributed by atoms with Crippen molar-refractivity contribution in [2.24, 2.45) is 0 Å². The molecule has 2 aromatic carbocycles. The van der Waals surface area contributed by atoms with E-state index in [0.717, 1.165) is 23.4 Å². The highest BCUT2D eigenvalue weighted by molar-refractivity contribution is 6.31. The van der Waals surface area contributed by atoms with E-state index in [0.29, 0.717) is 11.6 Å². The number of hydrogen-bond donors (Lipinski definition) is 0. The molecule has 0 spiro atoms. The Morgan fingerprint density at radius 3 is 2.65 bits per heavy atom. The van der Waals surface area contributed by atoms with Gasteiger partial charge >= 0.3 is 0 Å². The van der Waals surface area contributed by atoms with Gasteiger partial charge in [-0.3, -0.25) is 9.59 Å². The summed E-state index contributed by atoms with van der Waals surface area (Å²) < 4.78 is 0. The van der Waals surface area contributed by atoms with Gasteiger partial charge in [0.1, 0.15) is 0 Å². The highest BCUT2D eigenvalue weighted by Crippen LogP contribution is 2.32. The van der Waals surface area contributed by atoms with E-state index in [9.17, 15) is 9.59 Å². The van der Waals surface area contributed by atoms with Crippen LogP contribution in [0.2, 0.25) is 5.02 Å². The van der Waals surface area contributed by atoms with Crippen LogP contribution < -0.4 is 9.80 Å². The lowest BCUT2D eigenvalue weighted by Crippen LogP contribution is -2.39. The molecule has 1 aliphatic heterocycles. The van der Waals surface area contributed by atoms with Gasteiger partial charge in [-0.1, -0.05) is 35.9 Å². The molecule has 1 atom stereocenters. The zero-order valence-corrected chi connectivity index (χ0v) is 16.1. The predicted molar refractivity (Wildman–Crippen MR) is 106 cm³/mol. The van der Waals surface area contributed by atoms with Gasteiger partial charge in [0.25, 0.3) is 0 Å². The first-order valence-corrected chi connectivity index (χ1v) is 9.20. The maximum atomic E-state index is 12.9. The molecule has 0 saturated heterocycles. The minimum Gasteiger partial charge on any atom is -0.312 e. The van der Waals surface area contributed by atoms with Crippen molar-refractivity contribution in [1.82, 2.24) is 0 Å². The van der Waals surface area contributed by atoms with Crippen molar-refractivity contribution >= 4 is 34.8 Å². The average molecular weight is 371 g/mol. The molecule has 3 rings (SSSR count). The van der Waals surface area contributed by atoms with E-state index in [1.54, 1.807) is 11.0 Å². The second kappa shape index (κ2) is 7.50. The van der Waals surface area contributed by atoms with Crippen LogP contribution in [0.15, 0.2) is 42.5 Å². The lowest BCUT2D eigenvalue weighted by molar-refractivity contribution is -0.119. The molecule has 1 unspecified atom stereocenters. The zero-order chi connectivity index (χ0) is 18.8. The van der Waals surface area contributed by atoms with E-state index < -0.39 is 0 Å². The van der Waals surface area contributed by atoms with Crippen molar-refractivity contribution in [2.45, 2.75) is 39.7 Å². The van der Waals surface area contributed by atoms with E-state index in [1.165, 1.54) is 12.5 Å². The van der Waals surface area contributed by atoms with Crippen LogP contribution in [-0.2, 0) is 16.0 Å². The number of amides is 2. The van der Waals surface area contributed by atoms with Gasteiger partial charge in [-0.2, -0.15) is 0 Å². The number of carbonyl (C=O) groups excluding carboxylic acids is 2. The molecule has 136 valence electrons. The highest BCUT2D eigenvalue weighted by Gasteiger charge is 2.30. The Morgan fingerprint density at radius 1 is 1.23 bits per heavy atom. The lowest BCUT2D eigenvalue weighted by atomic mass is 10.1. The van der Waals surface area contributed by atoms with Crippen LogP contribution in [0.1, 0.15) is 31.4 Å². The Hall–Kier alpha value is -2.33. The third-order valence-electron chi connectivity index (χ3n) is 4.87. The Balaban J connectivity index is 1.74. The van der Waals surface area contributed by atoms with E-state index in [1.807, 2.05) is 42.2 Å². The molecule has 5 heteroatoms. The number of fused-ring (bicyclic) bond motifs is 1. The second-order valence-corrected chi connectivity index (χ2v) is 7.21. The minimum absolute atomic E-state index is 0.0342.